The van der Waals surface area contributed by atoms with Crippen LogP contribution in [-0.4, -0.2) is 22.3 Å². The summed E-state index contributed by atoms with van der Waals surface area (Å²) in [5, 5.41) is 0. The molecule has 0 radical (unpaired) electrons. The molecule has 0 bridgehead atoms. The molecule has 0 spiro atoms. The van der Waals surface area contributed by atoms with Gasteiger partial charge in [0.15, 0.2) is 0 Å². The Kier molecular flexibility index (Phi) is 3.11. The van der Waals surface area contributed by atoms with E-state index in [2.05, 4.69) is 30.3 Å². The van der Waals surface area contributed by atoms with E-state index in [9.17, 15) is 0 Å². The van der Waals surface area contributed by atoms with Gasteiger partial charge in [-0.1, -0.05) is 0 Å². The fourth-order valence-electron chi connectivity index (χ4n) is 0.774. The molecule has 1 heteroatoms. The van der Waals surface area contributed by atoms with Gasteiger partial charge in [-0.2, -0.15) is 0 Å². The van der Waals surface area contributed by atoms with Crippen molar-refractivity contribution < 1.29 is 0 Å². The summed E-state index contributed by atoms with van der Waals surface area (Å²) in [4.78, 5) is 0. The van der Waals surface area contributed by atoms with Crippen LogP contribution in [0, 0.1) is 0 Å². The zero-order chi connectivity index (χ0) is 6.53. The second kappa shape index (κ2) is 3.93. The minimum atomic E-state index is 1.23. The molecule has 0 unspecified atom stereocenters. The maximum atomic E-state index is 2.18. The normalized spacial score (nSPS) is 9.44. The molecule has 0 aliphatic heterocycles. The molecule has 0 N–H and O–H groups in total. The summed E-state index contributed by atoms with van der Waals surface area (Å²) in [5.74, 6) is 0. The monoisotopic (exact) mass is 236 g/mol. The second-order valence-corrected chi connectivity index (χ2v) is 3.24. The molecule has 0 atom stereocenters. The van der Waals surface area contributed by atoms with Crippen LogP contribution >= 0.6 is 0 Å². The number of aryl methyl sites for hydroxylation is 1. The van der Waals surface area contributed by atoms with Gasteiger partial charge in [0.05, 0.1) is 0 Å². The molecule has 0 fully saturated rings. The number of rotatable bonds is 2. The molecule has 0 aliphatic carbocycles. The molecule has 48 valence electrons. The Hall–Kier alpha value is 0.00961. The molecule has 9 heavy (non-hydrogen) atoms. The Bertz CT molecular complexity index is 157. The van der Waals surface area contributed by atoms with E-state index in [-0.39, 0.29) is 0 Å². The van der Waals surface area contributed by atoms with Crippen molar-refractivity contribution in [3.8, 4) is 0 Å². The molecule has 0 aliphatic rings. The first kappa shape index (κ1) is 7.12. The van der Waals surface area contributed by atoms with Gasteiger partial charge in [0.25, 0.3) is 0 Å². The second-order valence-electron chi connectivity index (χ2n) is 1.96. The summed E-state index contributed by atoms with van der Waals surface area (Å²) in [6.07, 6.45) is 1.23. The van der Waals surface area contributed by atoms with Crippen molar-refractivity contribution in [2.24, 2.45) is 0 Å². The van der Waals surface area contributed by atoms with Crippen LogP contribution in [0.1, 0.15) is 5.56 Å². The van der Waals surface area contributed by atoms with Gasteiger partial charge >= 0.3 is 69.1 Å². The maximum absolute atomic E-state index is 2.18. The Morgan fingerprint density at radius 2 is 1.78 bits per heavy atom. The van der Waals surface area contributed by atoms with Crippen molar-refractivity contribution in [3.05, 3.63) is 35.9 Å². The molecule has 0 saturated heterocycles. The molecule has 0 heterocycles. The van der Waals surface area contributed by atoms with Crippen molar-refractivity contribution in [2.45, 2.75) is 10.9 Å². The Labute approximate surface area is 69.2 Å². The molecular formula is C8H10Te. The standard InChI is InChI=1S/C8H10Te/c9-7-6-8-4-2-1-3-5-8/h1-5,9H,6-7H2. The van der Waals surface area contributed by atoms with Gasteiger partial charge in [0, 0.05) is 0 Å². The van der Waals surface area contributed by atoms with Crippen LogP contribution < -0.4 is 0 Å². The number of hydrogen-bond acceptors (Lipinski definition) is 0. The quantitative estimate of drug-likeness (QED) is 0.680. The molecule has 1 aromatic rings. The first-order chi connectivity index (χ1) is 4.43. The van der Waals surface area contributed by atoms with Crippen LogP contribution in [0.2, 0.25) is 4.47 Å². The van der Waals surface area contributed by atoms with Crippen LogP contribution in [0.4, 0.5) is 0 Å². The molecule has 0 nitrogen and oxygen atoms in total. The van der Waals surface area contributed by atoms with Gasteiger partial charge in [-0.25, -0.2) is 0 Å². The van der Waals surface area contributed by atoms with E-state index in [4.69, 9.17) is 0 Å². The molecule has 0 amide bonds. The van der Waals surface area contributed by atoms with Crippen LogP contribution in [0.15, 0.2) is 30.3 Å². The molecule has 0 aromatic heterocycles. The molecule has 0 saturated carbocycles. The van der Waals surface area contributed by atoms with Gasteiger partial charge in [-0.15, -0.1) is 0 Å². The fourth-order valence-corrected chi connectivity index (χ4v) is 1.51. The van der Waals surface area contributed by atoms with E-state index >= 15 is 0 Å². The predicted molar refractivity (Wildman–Crippen MR) is 42.1 cm³/mol. The minimum absolute atomic E-state index is 1.23. The summed E-state index contributed by atoms with van der Waals surface area (Å²) < 4.78 is 1.29. The topological polar surface area (TPSA) is 0 Å². The average Bonchev–Trinajstić information content (AvgIpc) is 1.91. The van der Waals surface area contributed by atoms with E-state index in [1.807, 2.05) is 22.3 Å². The van der Waals surface area contributed by atoms with Gasteiger partial charge in [0.2, 0.25) is 0 Å². The first-order valence-corrected chi connectivity index (χ1v) is 4.89. The van der Waals surface area contributed by atoms with E-state index in [0.29, 0.717) is 0 Å². The predicted octanol–water partition coefficient (Wildman–Crippen LogP) is 1.55. The van der Waals surface area contributed by atoms with Gasteiger partial charge in [-0.05, 0) is 0 Å². The molecule has 1 aromatic carbocycles. The average molecular weight is 234 g/mol. The van der Waals surface area contributed by atoms with Crippen LogP contribution in [0.25, 0.3) is 0 Å². The SMILES string of the molecule is [TeH]CCc1ccccc1. The van der Waals surface area contributed by atoms with Crippen molar-refractivity contribution in [1.29, 1.82) is 0 Å². The van der Waals surface area contributed by atoms with Crippen LogP contribution in [-0.2, 0) is 6.42 Å². The Morgan fingerprint density at radius 3 is 2.33 bits per heavy atom. The molecule has 1 rings (SSSR count). The number of benzene rings is 1. The van der Waals surface area contributed by atoms with Crippen molar-refractivity contribution >= 4 is 22.3 Å². The van der Waals surface area contributed by atoms with E-state index in [1.165, 1.54) is 16.5 Å². The van der Waals surface area contributed by atoms with Gasteiger partial charge in [0.1, 0.15) is 0 Å². The third-order valence-electron chi connectivity index (χ3n) is 1.24. The summed E-state index contributed by atoms with van der Waals surface area (Å²) in [6, 6.07) is 10.6. The Morgan fingerprint density at radius 1 is 1.11 bits per heavy atom. The van der Waals surface area contributed by atoms with E-state index in [0.717, 1.165) is 0 Å². The summed E-state index contributed by atoms with van der Waals surface area (Å²) in [5.41, 5.74) is 1.46. The summed E-state index contributed by atoms with van der Waals surface area (Å²) in [6.45, 7) is 0. The number of hydrogen-bond donors (Lipinski definition) is 0. The van der Waals surface area contributed by atoms with Crippen molar-refractivity contribution in [1.82, 2.24) is 0 Å². The zero-order valence-electron chi connectivity index (χ0n) is 5.25. The van der Waals surface area contributed by atoms with Crippen molar-refractivity contribution in [2.75, 3.05) is 0 Å². The van der Waals surface area contributed by atoms with E-state index in [1.54, 1.807) is 0 Å². The third-order valence-corrected chi connectivity index (χ3v) is 1.88. The summed E-state index contributed by atoms with van der Waals surface area (Å²) in [7, 11) is 0. The third kappa shape index (κ3) is 2.39. The van der Waals surface area contributed by atoms with Crippen LogP contribution in [0.5, 0.6) is 0 Å². The van der Waals surface area contributed by atoms with Gasteiger partial charge < -0.3 is 0 Å². The first-order valence-electron chi connectivity index (χ1n) is 3.08. The molecular weight excluding hydrogens is 224 g/mol. The van der Waals surface area contributed by atoms with Crippen LogP contribution in [0.3, 0.4) is 0 Å². The van der Waals surface area contributed by atoms with Crippen molar-refractivity contribution in [3.63, 3.8) is 0 Å². The summed E-state index contributed by atoms with van der Waals surface area (Å²) >= 11 is 1.89. The van der Waals surface area contributed by atoms with Gasteiger partial charge in [-0.3, -0.25) is 0 Å². The zero-order valence-corrected chi connectivity index (χ0v) is 7.80. The Balaban J connectivity index is 2.61. The fraction of sp³-hybridized carbons (Fsp3) is 0.250. The van der Waals surface area contributed by atoms with E-state index < -0.39 is 0 Å².